The van der Waals surface area contributed by atoms with E-state index in [0.717, 1.165) is 0 Å². The highest BCUT2D eigenvalue weighted by Gasteiger charge is 2.61. The minimum atomic E-state index is -0.785. The molecule has 9 nitrogen and oxygen atoms in total. The Hall–Kier alpha value is -1.54. The van der Waals surface area contributed by atoms with Crippen molar-refractivity contribution in [2.75, 3.05) is 20.2 Å². The Kier molecular flexibility index (Phi) is 3.81. The zero-order valence-corrected chi connectivity index (χ0v) is 10.8. The van der Waals surface area contributed by atoms with Crippen molar-refractivity contribution in [1.82, 2.24) is 10.2 Å². The van der Waals surface area contributed by atoms with Gasteiger partial charge in [-0.3, -0.25) is 4.90 Å². The van der Waals surface area contributed by atoms with Crippen molar-refractivity contribution < 1.29 is 9.53 Å². The van der Waals surface area contributed by atoms with Gasteiger partial charge in [0.25, 0.3) is 0 Å². The highest BCUT2D eigenvalue weighted by Crippen LogP contribution is 2.38. The number of urea groups is 1. The Morgan fingerprint density at radius 1 is 1.68 bits per heavy atom. The molecule has 1 aliphatic heterocycles. The SMILES string of the molecule is CN1C(=O)N[C@H]2[C@H](N)[C@H](N)C[C@]21OCCCN=[N+]=[N-]. The Morgan fingerprint density at radius 2 is 2.42 bits per heavy atom. The van der Waals surface area contributed by atoms with Crippen molar-refractivity contribution >= 4 is 6.03 Å². The zero-order chi connectivity index (χ0) is 14.0. The Morgan fingerprint density at radius 3 is 3.11 bits per heavy atom. The molecular weight excluding hydrogens is 250 g/mol. The molecule has 5 N–H and O–H groups in total. The molecule has 0 aromatic heterocycles. The van der Waals surface area contributed by atoms with E-state index in [1.807, 2.05) is 0 Å². The number of ether oxygens (including phenoxy) is 1. The smallest absolute Gasteiger partial charge is 0.319 e. The normalized spacial score (nSPS) is 36.9. The average Bonchev–Trinajstić information content (AvgIpc) is 2.76. The van der Waals surface area contributed by atoms with Crippen LogP contribution < -0.4 is 16.8 Å². The van der Waals surface area contributed by atoms with Crippen LogP contribution in [0.4, 0.5) is 4.79 Å². The number of rotatable bonds is 5. The van der Waals surface area contributed by atoms with Gasteiger partial charge in [-0.2, -0.15) is 0 Å². The van der Waals surface area contributed by atoms with Gasteiger partial charge >= 0.3 is 6.03 Å². The molecule has 1 saturated carbocycles. The molecule has 0 unspecified atom stereocenters. The molecule has 1 heterocycles. The molecule has 4 atom stereocenters. The molecule has 19 heavy (non-hydrogen) atoms. The number of carbonyl (C=O) groups is 1. The summed E-state index contributed by atoms with van der Waals surface area (Å²) in [5.41, 5.74) is 19.4. The number of amides is 2. The third kappa shape index (κ3) is 2.21. The van der Waals surface area contributed by atoms with Crippen molar-refractivity contribution in [3.8, 4) is 0 Å². The average molecular weight is 269 g/mol. The standard InChI is InChI=1S/C10H19N7O2/c1-17-9(18)15-8-7(12)6(11)5-10(8,17)19-4-2-3-14-16-13/h6-8H,2-5,11-12H2,1H3,(H,15,18)/t6-,7-,8+,10+/m1/s1. The van der Waals surface area contributed by atoms with E-state index in [-0.39, 0.29) is 24.2 Å². The summed E-state index contributed by atoms with van der Waals surface area (Å²) >= 11 is 0. The third-order valence-electron chi connectivity index (χ3n) is 3.86. The topological polar surface area (TPSA) is 142 Å². The van der Waals surface area contributed by atoms with E-state index in [9.17, 15) is 4.79 Å². The molecule has 2 aliphatic rings. The fourth-order valence-electron chi connectivity index (χ4n) is 2.78. The van der Waals surface area contributed by atoms with E-state index in [0.29, 0.717) is 26.0 Å². The lowest BCUT2D eigenvalue weighted by molar-refractivity contribution is -0.116. The number of hydrogen-bond acceptors (Lipinski definition) is 5. The number of hydrogen-bond donors (Lipinski definition) is 3. The fourth-order valence-corrected chi connectivity index (χ4v) is 2.78. The zero-order valence-electron chi connectivity index (χ0n) is 10.8. The van der Waals surface area contributed by atoms with Crippen molar-refractivity contribution in [2.24, 2.45) is 16.6 Å². The maximum Gasteiger partial charge on any atom is 0.319 e. The molecule has 0 bridgehead atoms. The van der Waals surface area contributed by atoms with Crippen LogP contribution in [0.5, 0.6) is 0 Å². The first-order chi connectivity index (χ1) is 9.03. The van der Waals surface area contributed by atoms with Crippen LogP contribution in [0.3, 0.4) is 0 Å². The number of nitrogens with two attached hydrogens (primary N) is 2. The van der Waals surface area contributed by atoms with Gasteiger partial charge < -0.3 is 21.5 Å². The van der Waals surface area contributed by atoms with E-state index in [1.54, 1.807) is 7.05 Å². The third-order valence-corrected chi connectivity index (χ3v) is 3.86. The molecule has 1 aliphatic carbocycles. The summed E-state index contributed by atoms with van der Waals surface area (Å²) in [7, 11) is 1.67. The van der Waals surface area contributed by atoms with Gasteiger partial charge in [0.2, 0.25) is 0 Å². The molecule has 2 amide bonds. The lowest BCUT2D eigenvalue weighted by Gasteiger charge is -2.34. The first-order valence-corrected chi connectivity index (χ1v) is 6.23. The van der Waals surface area contributed by atoms with Gasteiger partial charge in [0, 0.05) is 43.6 Å². The van der Waals surface area contributed by atoms with E-state index >= 15 is 0 Å². The van der Waals surface area contributed by atoms with Gasteiger partial charge in [0.1, 0.15) is 0 Å². The lowest BCUT2D eigenvalue weighted by Crippen LogP contribution is -2.54. The highest BCUT2D eigenvalue weighted by atomic mass is 16.5. The predicted octanol–water partition coefficient (Wildman–Crippen LogP) is -0.518. The van der Waals surface area contributed by atoms with Crippen LogP contribution in [0.25, 0.3) is 10.4 Å². The molecule has 0 radical (unpaired) electrons. The number of fused-ring (bicyclic) bond motifs is 1. The molecule has 0 spiro atoms. The van der Waals surface area contributed by atoms with Gasteiger partial charge in [-0.25, -0.2) is 4.79 Å². The summed E-state index contributed by atoms with van der Waals surface area (Å²) < 4.78 is 5.88. The monoisotopic (exact) mass is 269 g/mol. The molecular formula is C10H19N7O2. The number of nitrogens with zero attached hydrogens (tertiary/aromatic N) is 4. The van der Waals surface area contributed by atoms with Crippen molar-refractivity contribution in [1.29, 1.82) is 0 Å². The van der Waals surface area contributed by atoms with Gasteiger partial charge in [0.05, 0.1) is 6.04 Å². The maximum absolute atomic E-state index is 11.8. The Labute approximate surface area is 110 Å². The summed E-state index contributed by atoms with van der Waals surface area (Å²) in [6.45, 7) is 0.745. The van der Waals surface area contributed by atoms with Crippen molar-refractivity contribution in [3.63, 3.8) is 0 Å². The Bertz CT molecular complexity index is 411. The summed E-state index contributed by atoms with van der Waals surface area (Å²) in [5, 5.41) is 6.25. The van der Waals surface area contributed by atoms with Crippen LogP contribution in [0.2, 0.25) is 0 Å². The van der Waals surface area contributed by atoms with Gasteiger partial charge in [-0.05, 0) is 12.0 Å². The van der Waals surface area contributed by atoms with Crippen LogP contribution in [0.15, 0.2) is 5.11 Å². The first kappa shape index (κ1) is 13.9. The fraction of sp³-hybridized carbons (Fsp3) is 0.900. The molecule has 106 valence electrons. The van der Waals surface area contributed by atoms with Crippen molar-refractivity contribution in [2.45, 2.75) is 36.7 Å². The van der Waals surface area contributed by atoms with Crippen molar-refractivity contribution in [3.05, 3.63) is 10.4 Å². The van der Waals surface area contributed by atoms with E-state index < -0.39 is 5.72 Å². The first-order valence-electron chi connectivity index (χ1n) is 6.23. The molecule has 2 fully saturated rings. The second kappa shape index (κ2) is 5.22. The number of azide groups is 1. The maximum atomic E-state index is 11.8. The van der Waals surface area contributed by atoms with E-state index in [1.165, 1.54) is 4.90 Å². The molecule has 1 saturated heterocycles. The van der Waals surface area contributed by atoms with E-state index in [2.05, 4.69) is 15.3 Å². The van der Waals surface area contributed by atoms with Crippen LogP contribution in [-0.4, -0.2) is 55.0 Å². The van der Waals surface area contributed by atoms with Crippen LogP contribution in [-0.2, 0) is 4.74 Å². The number of nitrogens with one attached hydrogen (secondary N) is 1. The molecule has 0 aromatic rings. The number of carbonyl (C=O) groups excluding carboxylic acids is 1. The molecule has 9 heteroatoms. The second-order valence-corrected chi connectivity index (χ2v) is 4.93. The van der Waals surface area contributed by atoms with Gasteiger partial charge in [-0.1, -0.05) is 5.11 Å². The molecule has 0 aromatic carbocycles. The largest absolute Gasteiger partial charge is 0.353 e. The quantitative estimate of drug-likeness (QED) is 0.267. The minimum absolute atomic E-state index is 0.206. The number of likely N-dealkylation sites (N-methyl/N-ethyl adjacent to an activating group) is 1. The van der Waals surface area contributed by atoms with E-state index in [4.69, 9.17) is 21.7 Å². The van der Waals surface area contributed by atoms with Crippen LogP contribution >= 0.6 is 0 Å². The second-order valence-electron chi connectivity index (χ2n) is 4.93. The summed E-state index contributed by atoms with van der Waals surface area (Å²) in [4.78, 5) is 16.0. The summed E-state index contributed by atoms with van der Waals surface area (Å²) in [5.74, 6) is 0. The molecule has 2 rings (SSSR count). The lowest BCUT2D eigenvalue weighted by atomic mass is 10.1. The van der Waals surface area contributed by atoms with Gasteiger partial charge in [-0.15, -0.1) is 0 Å². The minimum Gasteiger partial charge on any atom is -0.353 e. The van der Waals surface area contributed by atoms with Crippen LogP contribution in [0, 0.1) is 0 Å². The summed E-state index contributed by atoms with van der Waals surface area (Å²) in [6, 6.07) is -1.06. The van der Waals surface area contributed by atoms with Crippen LogP contribution in [0.1, 0.15) is 12.8 Å². The highest BCUT2D eigenvalue weighted by molar-refractivity contribution is 5.78. The summed E-state index contributed by atoms with van der Waals surface area (Å²) in [6.07, 6.45) is 1.08. The predicted molar refractivity (Wildman–Crippen MR) is 68.0 cm³/mol. The van der Waals surface area contributed by atoms with Gasteiger partial charge in [0.15, 0.2) is 5.72 Å². The Balaban J connectivity index is 2.04.